The number of anilines is 2. The fraction of sp³-hybridized carbons (Fsp3) is 0.412. The van der Waals surface area contributed by atoms with E-state index >= 15 is 0 Å². The minimum atomic E-state index is -0.127. The van der Waals surface area contributed by atoms with Crippen LogP contribution in [0.3, 0.4) is 0 Å². The molecule has 23 heavy (non-hydrogen) atoms. The molecule has 1 N–H and O–H groups in total. The van der Waals surface area contributed by atoms with Gasteiger partial charge in [-0.25, -0.2) is 4.79 Å². The third-order valence-electron chi connectivity index (χ3n) is 4.00. The first kappa shape index (κ1) is 15.4. The second-order valence-corrected chi connectivity index (χ2v) is 6.07. The van der Waals surface area contributed by atoms with Gasteiger partial charge in [-0.15, -0.1) is 0 Å². The molecular weight excluding hydrogens is 292 g/mol. The van der Waals surface area contributed by atoms with E-state index in [1.807, 2.05) is 4.90 Å². The Morgan fingerprint density at radius 3 is 2.26 bits per heavy atom. The van der Waals surface area contributed by atoms with Gasteiger partial charge in [-0.2, -0.15) is 0 Å². The fourth-order valence-electron chi connectivity index (χ4n) is 2.91. The molecule has 0 bridgehead atoms. The van der Waals surface area contributed by atoms with Crippen molar-refractivity contribution in [1.82, 2.24) is 10.1 Å². The zero-order chi connectivity index (χ0) is 16.4. The number of carbonyl (C=O) groups excluding carboxylic acids is 1. The summed E-state index contributed by atoms with van der Waals surface area (Å²) in [7, 11) is 0. The number of aromatic nitrogens is 1. The molecule has 0 aliphatic carbocycles. The van der Waals surface area contributed by atoms with Gasteiger partial charge in [0.05, 0.1) is 0 Å². The summed E-state index contributed by atoms with van der Waals surface area (Å²) in [5.41, 5.74) is 3.76. The second kappa shape index (κ2) is 6.32. The summed E-state index contributed by atoms with van der Waals surface area (Å²) in [6.45, 7) is 9.05. The average Bonchev–Trinajstić information content (AvgIpc) is 2.91. The van der Waals surface area contributed by atoms with E-state index in [0.29, 0.717) is 24.7 Å². The Morgan fingerprint density at radius 1 is 1.04 bits per heavy atom. The molecule has 0 atom stereocenters. The highest BCUT2D eigenvalue weighted by molar-refractivity contribution is 5.88. The molecule has 122 valence electrons. The molecule has 1 aliphatic rings. The van der Waals surface area contributed by atoms with Gasteiger partial charge in [-0.1, -0.05) is 11.2 Å². The molecule has 1 aromatic carbocycles. The lowest BCUT2D eigenvalue weighted by molar-refractivity contribution is 0.208. The maximum absolute atomic E-state index is 12.2. The van der Waals surface area contributed by atoms with E-state index in [1.165, 1.54) is 16.8 Å². The lowest BCUT2D eigenvalue weighted by Gasteiger charge is -2.36. The van der Waals surface area contributed by atoms with Crippen molar-refractivity contribution < 1.29 is 9.32 Å². The maximum Gasteiger partial charge on any atom is 0.323 e. The molecule has 1 saturated heterocycles. The van der Waals surface area contributed by atoms with E-state index in [4.69, 9.17) is 4.52 Å². The van der Waals surface area contributed by atoms with Crippen molar-refractivity contribution in [3.63, 3.8) is 0 Å². The molecule has 2 aromatic rings. The number of rotatable bonds is 2. The molecule has 0 radical (unpaired) electrons. The van der Waals surface area contributed by atoms with Crippen LogP contribution in [0.5, 0.6) is 0 Å². The Hall–Kier alpha value is -2.50. The number of piperazine rings is 1. The van der Waals surface area contributed by atoms with Gasteiger partial charge in [-0.05, 0) is 44.0 Å². The molecule has 1 aliphatic heterocycles. The van der Waals surface area contributed by atoms with Crippen LogP contribution < -0.4 is 10.2 Å². The second-order valence-electron chi connectivity index (χ2n) is 6.07. The fourth-order valence-corrected chi connectivity index (χ4v) is 2.91. The molecule has 2 amide bonds. The molecule has 2 heterocycles. The van der Waals surface area contributed by atoms with E-state index in [2.05, 4.69) is 47.4 Å². The number of benzene rings is 1. The van der Waals surface area contributed by atoms with Crippen molar-refractivity contribution >= 4 is 17.5 Å². The van der Waals surface area contributed by atoms with Gasteiger partial charge in [-0.3, -0.25) is 5.32 Å². The van der Waals surface area contributed by atoms with E-state index in [1.54, 1.807) is 13.0 Å². The molecule has 0 unspecified atom stereocenters. The molecule has 1 fully saturated rings. The highest BCUT2D eigenvalue weighted by Gasteiger charge is 2.22. The van der Waals surface area contributed by atoms with Crippen molar-refractivity contribution in [3.8, 4) is 0 Å². The summed E-state index contributed by atoms with van der Waals surface area (Å²) >= 11 is 0. The van der Waals surface area contributed by atoms with Crippen molar-refractivity contribution in [3.05, 3.63) is 41.2 Å². The summed E-state index contributed by atoms with van der Waals surface area (Å²) in [6.07, 6.45) is 0. The molecule has 6 heteroatoms. The first-order chi connectivity index (χ1) is 11.0. The van der Waals surface area contributed by atoms with Crippen LogP contribution >= 0.6 is 0 Å². The Balaban J connectivity index is 1.58. The van der Waals surface area contributed by atoms with Crippen LogP contribution in [-0.2, 0) is 0 Å². The lowest BCUT2D eigenvalue weighted by Crippen LogP contribution is -2.50. The summed E-state index contributed by atoms with van der Waals surface area (Å²) in [4.78, 5) is 16.4. The van der Waals surface area contributed by atoms with Crippen molar-refractivity contribution in [1.29, 1.82) is 0 Å². The number of amides is 2. The highest BCUT2D eigenvalue weighted by atomic mass is 16.5. The predicted octanol–water partition coefficient (Wildman–Crippen LogP) is 2.95. The number of nitrogens with zero attached hydrogens (tertiary/aromatic N) is 3. The van der Waals surface area contributed by atoms with Gasteiger partial charge in [0.1, 0.15) is 5.76 Å². The number of nitrogens with one attached hydrogen (secondary N) is 1. The molecule has 1 aromatic heterocycles. The summed E-state index contributed by atoms with van der Waals surface area (Å²) in [5, 5.41) is 6.56. The number of hydrogen-bond donors (Lipinski definition) is 1. The summed E-state index contributed by atoms with van der Waals surface area (Å²) in [5.74, 6) is 1.14. The quantitative estimate of drug-likeness (QED) is 0.926. The van der Waals surface area contributed by atoms with Crippen molar-refractivity contribution in [2.24, 2.45) is 0 Å². The standard InChI is InChI=1S/C17H22N4O2/c1-12-8-13(2)10-15(9-12)20-4-6-21(7-5-20)17(22)18-16-11-14(3)23-19-16/h8-11H,4-7H2,1-3H3,(H,18,19,22). The SMILES string of the molecule is Cc1cc(C)cc(N2CCN(C(=O)Nc3cc(C)on3)CC2)c1. The summed E-state index contributed by atoms with van der Waals surface area (Å²) in [6, 6.07) is 8.15. The third kappa shape index (κ3) is 3.64. The van der Waals surface area contributed by atoms with Gasteiger partial charge in [0.25, 0.3) is 0 Å². The minimum absolute atomic E-state index is 0.127. The van der Waals surface area contributed by atoms with Crippen LogP contribution in [0.2, 0.25) is 0 Å². The van der Waals surface area contributed by atoms with Gasteiger partial charge >= 0.3 is 6.03 Å². The Kier molecular flexibility index (Phi) is 4.23. The number of aryl methyl sites for hydroxylation is 3. The van der Waals surface area contributed by atoms with Gasteiger partial charge in [0, 0.05) is 37.9 Å². The van der Waals surface area contributed by atoms with Crippen LogP contribution in [0.1, 0.15) is 16.9 Å². The van der Waals surface area contributed by atoms with Crippen molar-refractivity contribution in [2.75, 3.05) is 36.4 Å². The van der Waals surface area contributed by atoms with Crippen LogP contribution in [0.15, 0.2) is 28.8 Å². The van der Waals surface area contributed by atoms with Gasteiger partial charge in [0.2, 0.25) is 0 Å². The van der Waals surface area contributed by atoms with Gasteiger partial charge in [0.15, 0.2) is 5.82 Å². The van der Waals surface area contributed by atoms with Crippen LogP contribution in [0.25, 0.3) is 0 Å². The molecule has 0 spiro atoms. The zero-order valence-electron chi connectivity index (χ0n) is 13.8. The van der Waals surface area contributed by atoms with E-state index < -0.39 is 0 Å². The number of carbonyl (C=O) groups is 1. The largest absolute Gasteiger partial charge is 0.368 e. The smallest absolute Gasteiger partial charge is 0.323 e. The number of hydrogen-bond acceptors (Lipinski definition) is 4. The monoisotopic (exact) mass is 314 g/mol. The normalized spacial score (nSPS) is 14.9. The van der Waals surface area contributed by atoms with E-state index in [9.17, 15) is 4.79 Å². The molecular formula is C17H22N4O2. The zero-order valence-corrected chi connectivity index (χ0v) is 13.8. The Labute approximate surface area is 136 Å². The van der Waals surface area contributed by atoms with Crippen LogP contribution in [0.4, 0.5) is 16.3 Å². The van der Waals surface area contributed by atoms with Crippen LogP contribution in [-0.4, -0.2) is 42.3 Å². The van der Waals surface area contributed by atoms with E-state index in [-0.39, 0.29) is 6.03 Å². The average molecular weight is 314 g/mol. The highest BCUT2D eigenvalue weighted by Crippen LogP contribution is 2.20. The molecule has 3 rings (SSSR count). The molecule has 0 saturated carbocycles. The van der Waals surface area contributed by atoms with E-state index in [0.717, 1.165) is 13.1 Å². The predicted molar refractivity (Wildman–Crippen MR) is 90.0 cm³/mol. The molecule has 6 nitrogen and oxygen atoms in total. The lowest BCUT2D eigenvalue weighted by atomic mass is 10.1. The Bertz CT molecular complexity index is 682. The third-order valence-corrected chi connectivity index (χ3v) is 4.00. The Morgan fingerprint density at radius 2 is 1.70 bits per heavy atom. The van der Waals surface area contributed by atoms with Crippen LogP contribution in [0, 0.1) is 20.8 Å². The van der Waals surface area contributed by atoms with Crippen molar-refractivity contribution in [2.45, 2.75) is 20.8 Å². The number of urea groups is 1. The summed E-state index contributed by atoms with van der Waals surface area (Å²) < 4.78 is 4.96. The first-order valence-corrected chi connectivity index (χ1v) is 7.84. The minimum Gasteiger partial charge on any atom is -0.368 e. The maximum atomic E-state index is 12.2. The first-order valence-electron chi connectivity index (χ1n) is 7.84. The topological polar surface area (TPSA) is 61.6 Å². The van der Waals surface area contributed by atoms with Gasteiger partial charge < -0.3 is 14.3 Å².